The number of carbonyl (C=O) groups is 3. The maximum atomic E-state index is 13.6. The Labute approximate surface area is 200 Å². The van der Waals surface area contributed by atoms with Crippen molar-refractivity contribution in [1.29, 1.82) is 0 Å². The van der Waals surface area contributed by atoms with Crippen LogP contribution >= 0.6 is 0 Å². The molecule has 3 atom stereocenters. The van der Waals surface area contributed by atoms with Gasteiger partial charge in [-0.05, 0) is 57.2 Å². The van der Waals surface area contributed by atoms with Crippen LogP contribution in [0, 0.1) is 5.92 Å². The van der Waals surface area contributed by atoms with E-state index in [1.54, 1.807) is 32.8 Å². The molecule has 8 heteroatoms. The van der Waals surface area contributed by atoms with Crippen LogP contribution < -0.4 is 10.1 Å². The highest BCUT2D eigenvalue weighted by Crippen LogP contribution is 2.42. The summed E-state index contributed by atoms with van der Waals surface area (Å²) in [6.45, 7) is 9.65. The molecule has 1 aromatic carbocycles. The molecule has 0 aliphatic carbocycles. The normalized spacial score (nSPS) is 22.4. The fourth-order valence-corrected chi connectivity index (χ4v) is 5.10. The Bertz CT molecular complexity index is 1110. The zero-order chi connectivity index (χ0) is 24.8. The van der Waals surface area contributed by atoms with Crippen molar-refractivity contribution in [2.75, 3.05) is 7.11 Å². The third-order valence-corrected chi connectivity index (χ3v) is 6.47. The van der Waals surface area contributed by atoms with E-state index in [0.717, 1.165) is 34.3 Å². The monoisotopic (exact) mass is 469 g/mol. The third-order valence-electron chi connectivity index (χ3n) is 6.47. The molecular weight excluding hydrogens is 434 g/mol. The first-order valence-corrected chi connectivity index (χ1v) is 12.0. The zero-order valence-electron chi connectivity index (χ0n) is 20.9. The summed E-state index contributed by atoms with van der Waals surface area (Å²) in [6, 6.07) is 4.33. The maximum Gasteiger partial charge on any atom is 0.306 e. The minimum absolute atomic E-state index is 0.0682. The number of nitrogens with zero attached hydrogens (tertiary/aromatic N) is 1. The van der Waals surface area contributed by atoms with E-state index >= 15 is 0 Å². The van der Waals surface area contributed by atoms with E-state index in [4.69, 9.17) is 9.47 Å². The van der Waals surface area contributed by atoms with Crippen molar-refractivity contribution in [3.05, 3.63) is 29.5 Å². The molecule has 1 aromatic heterocycles. The molecule has 184 valence electrons. The average Bonchev–Trinajstić information content (AvgIpc) is 3.11. The van der Waals surface area contributed by atoms with Gasteiger partial charge < -0.3 is 24.7 Å². The highest BCUT2D eigenvalue weighted by atomic mass is 16.6. The highest BCUT2D eigenvalue weighted by Gasteiger charge is 2.48. The number of piperazine rings is 1. The predicted molar refractivity (Wildman–Crippen MR) is 128 cm³/mol. The van der Waals surface area contributed by atoms with Crippen molar-refractivity contribution >= 4 is 28.7 Å². The van der Waals surface area contributed by atoms with Crippen molar-refractivity contribution in [3.8, 4) is 5.75 Å². The van der Waals surface area contributed by atoms with Crippen LogP contribution in [0.2, 0.25) is 0 Å². The lowest BCUT2D eigenvalue weighted by Crippen LogP contribution is -2.66. The zero-order valence-corrected chi connectivity index (χ0v) is 20.9. The average molecular weight is 470 g/mol. The number of carbonyl (C=O) groups excluding carboxylic acids is 3. The van der Waals surface area contributed by atoms with Gasteiger partial charge in [0.25, 0.3) is 0 Å². The molecule has 0 bridgehead atoms. The Kier molecular flexibility index (Phi) is 6.36. The van der Waals surface area contributed by atoms with Gasteiger partial charge in [-0.3, -0.25) is 14.4 Å². The number of ether oxygens (including phenoxy) is 2. The minimum atomic E-state index is -0.739. The number of fused-ring (bicyclic) bond motifs is 4. The molecule has 34 heavy (non-hydrogen) atoms. The lowest BCUT2D eigenvalue weighted by molar-refractivity contribution is -0.157. The SMILES string of the molecule is COc1ccc2c3c([nH]c2c1)[C@H](CC(C)C)N1C(=O)[C@@H](CCC(=O)OC(C)(C)C)NC(=O)C1C3. The number of amides is 2. The van der Waals surface area contributed by atoms with Crippen LogP contribution in [-0.4, -0.2) is 52.5 Å². The Morgan fingerprint density at radius 1 is 1.24 bits per heavy atom. The van der Waals surface area contributed by atoms with E-state index in [1.165, 1.54) is 0 Å². The second-order valence-electron chi connectivity index (χ2n) is 10.7. The molecule has 2 amide bonds. The Morgan fingerprint density at radius 2 is 1.97 bits per heavy atom. The van der Waals surface area contributed by atoms with Crippen LogP contribution in [0.15, 0.2) is 18.2 Å². The van der Waals surface area contributed by atoms with E-state index in [9.17, 15) is 14.4 Å². The summed E-state index contributed by atoms with van der Waals surface area (Å²) in [5.74, 6) is 0.383. The number of nitrogens with one attached hydrogen (secondary N) is 2. The fraction of sp³-hybridized carbons (Fsp3) is 0.577. The Balaban J connectivity index is 1.65. The summed E-state index contributed by atoms with van der Waals surface area (Å²) in [5.41, 5.74) is 2.42. The van der Waals surface area contributed by atoms with Crippen LogP contribution in [0.25, 0.3) is 10.9 Å². The standard InChI is InChI=1S/C26H35N3O5/c1-14(2)11-20-23-17(16-8-7-15(33-6)12-19(16)27-23)13-21-24(31)28-18(25(32)29(20)21)9-10-22(30)34-26(3,4)5/h7-8,12,14,18,20-21,27H,9-11,13H2,1-6H3,(H,28,31)/t18-,20+,21?/m1/s1. The second kappa shape index (κ2) is 8.96. The van der Waals surface area contributed by atoms with Gasteiger partial charge in [-0.15, -0.1) is 0 Å². The van der Waals surface area contributed by atoms with Gasteiger partial charge in [0, 0.05) is 35.5 Å². The number of aromatic nitrogens is 1. The summed E-state index contributed by atoms with van der Waals surface area (Å²) in [6.07, 6.45) is 1.46. The van der Waals surface area contributed by atoms with Gasteiger partial charge >= 0.3 is 5.97 Å². The third kappa shape index (κ3) is 4.63. The molecule has 2 aliphatic rings. The molecule has 3 heterocycles. The van der Waals surface area contributed by atoms with Crippen LogP contribution in [-0.2, 0) is 25.5 Å². The van der Waals surface area contributed by atoms with Crippen LogP contribution in [0.1, 0.15) is 71.2 Å². The van der Waals surface area contributed by atoms with Crippen molar-refractivity contribution in [2.45, 2.75) is 84.0 Å². The molecule has 0 saturated carbocycles. The summed E-state index contributed by atoms with van der Waals surface area (Å²) in [5, 5.41) is 3.93. The molecule has 1 fully saturated rings. The molecule has 0 spiro atoms. The van der Waals surface area contributed by atoms with Crippen LogP contribution in [0.5, 0.6) is 5.75 Å². The largest absolute Gasteiger partial charge is 0.497 e. The van der Waals surface area contributed by atoms with Crippen molar-refractivity contribution in [2.24, 2.45) is 5.92 Å². The Morgan fingerprint density at radius 3 is 2.62 bits per heavy atom. The van der Waals surface area contributed by atoms with Crippen LogP contribution in [0.4, 0.5) is 0 Å². The van der Waals surface area contributed by atoms with Crippen molar-refractivity contribution in [3.63, 3.8) is 0 Å². The van der Waals surface area contributed by atoms with Crippen molar-refractivity contribution < 1.29 is 23.9 Å². The van der Waals surface area contributed by atoms with Gasteiger partial charge in [0.2, 0.25) is 11.8 Å². The van der Waals surface area contributed by atoms with Gasteiger partial charge in [-0.2, -0.15) is 0 Å². The lowest BCUT2D eigenvalue weighted by atomic mass is 9.85. The van der Waals surface area contributed by atoms with Gasteiger partial charge in [-0.25, -0.2) is 0 Å². The van der Waals surface area contributed by atoms with E-state index < -0.39 is 17.7 Å². The van der Waals surface area contributed by atoms with Gasteiger partial charge in [0.15, 0.2) is 0 Å². The van der Waals surface area contributed by atoms with Gasteiger partial charge in [0.05, 0.1) is 13.2 Å². The first kappa shape index (κ1) is 24.1. The summed E-state index contributed by atoms with van der Waals surface area (Å²) < 4.78 is 10.8. The fourth-order valence-electron chi connectivity index (χ4n) is 5.10. The number of hydrogen-bond donors (Lipinski definition) is 2. The lowest BCUT2D eigenvalue weighted by Gasteiger charge is -2.46. The molecule has 2 aliphatic heterocycles. The number of H-pyrrole nitrogens is 1. The maximum absolute atomic E-state index is 13.6. The summed E-state index contributed by atoms with van der Waals surface area (Å²) in [7, 11) is 1.63. The van der Waals surface area contributed by atoms with E-state index in [2.05, 4.69) is 24.1 Å². The molecule has 2 aromatic rings. The number of aromatic amines is 1. The first-order chi connectivity index (χ1) is 16.0. The number of rotatable bonds is 6. The number of esters is 1. The van der Waals surface area contributed by atoms with E-state index in [0.29, 0.717) is 12.3 Å². The Hall–Kier alpha value is -3.03. The van der Waals surface area contributed by atoms with Gasteiger partial charge in [0.1, 0.15) is 23.4 Å². The van der Waals surface area contributed by atoms with E-state index in [-0.39, 0.29) is 36.7 Å². The molecule has 4 rings (SSSR count). The van der Waals surface area contributed by atoms with E-state index in [1.807, 2.05) is 18.2 Å². The molecule has 1 saturated heterocycles. The van der Waals surface area contributed by atoms with Gasteiger partial charge in [-0.1, -0.05) is 13.8 Å². The summed E-state index contributed by atoms with van der Waals surface area (Å²) in [4.78, 5) is 44.4. The van der Waals surface area contributed by atoms with Crippen molar-refractivity contribution in [1.82, 2.24) is 15.2 Å². The smallest absolute Gasteiger partial charge is 0.306 e. The van der Waals surface area contributed by atoms with Crippen LogP contribution in [0.3, 0.4) is 0 Å². The second-order valence-corrected chi connectivity index (χ2v) is 10.7. The summed E-state index contributed by atoms with van der Waals surface area (Å²) >= 11 is 0. The number of hydrogen-bond acceptors (Lipinski definition) is 5. The quantitative estimate of drug-likeness (QED) is 0.629. The molecule has 2 N–H and O–H groups in total. The predicted octanol–water partition coefficient (Wildman–Crippen LogP) is 3.64. The first-order valence-electron chi connectivity index (χ1n) is 12.0. The molecule has 0 radical (unpaired) electrons. The highest BCUT2D eigenvalue weighted by molar-refractivity contribution is 5.99. The number of methoxy groups -OCH3 is 1. The molecule has 8 nitrogen and oxygen atoms in total. The minimum Gasteiger partial charge on any atom is -0.497 e. The molecular formula is C26H35N3O5. The molecule has 1 unspecified atom stereocenters. The number of benzene rings is 1. The topological polar surface area (TPSA) is 101 Å².